The Morgan fingerprint density at radius 3 is 2.29 bits per heavy atom. The van der Waals surface area contributed by atoms with E-state index in [9.17, 15) is 0 Å². The summed E-state index contributed by atoms with van der Waals surface area (Å²) in [6.45, 7) is 1.35. The maximum atomic E-state index is 3.98. The van der Waals surface area contributed by atoms with Gasteiger partial charge in [-0.3, -0.25) is 0 Å². The first-order valence-electron chi connectivity index (χ1n) is 3.04. The molecule has 1 atom stereocenters. The van der Waals surface area contributed by atoms with E-state index in [-0.39, 0.29) is 0 Å². The SMILES string of the molecule is [CH2-][NH+]1CC2CC1C2. The van der Waals surface area contributed by atoms with Gasteiger partial charge in [0.05, 0.1) is 12.6 Å². The molecular weight excluding hydrogens is 86.1 g/mol. The number of hydrogen-bond donors (Lipinski definition) is 1. The molecule has 1 N–H and O–H groups in total. The molecule has 0 aromatic heterocycles. The zero-order valence-electron chi connectivity index (χ0n) is 4.48. The maximum Gasteiger partial charge on any atom is 0.0644 e. The van der Waals surface area contributed by atoms with E-state index in [1.807, 2.05) is 0 Å². The zero-order valence-corrected chi connectivity index (χ0v) is 4.48. The fourth-order valence-corrected chi connectivity index (χ4v) is 1.77. The van der Waals surface area contributed by atoms with Gasteiger partial charge in [0.25, 0.3) is 0 Å². The van der Waals surface area contributed by atoms with Crippen molar-refractivity contribution in [1.29, 1.82) is 0 Å². The maximum absolute atomic E-state index is 3.98. The molecule has 2 bridgehead atoms. The molecule has 0 aromatic rings. The molecule has 2 saturated heterocycles. The largest absolute Gasteiger partial charge is 0.465 e. The van der Waals surface area contributed by atoms with Gasteiger partial charge in [-0.15, -0.1) is 0 Å². The first-order chi connectivity index (χ1) is 3.36. The van der Waals surface area contributed by atoms with Crippen LogP contribution in [0.3, 0.4) is 0 Å². The van der Waals surface area contributed by atoms with E-state index in [1.165, 1.54) is 24.3 Å². The fraction of sp³-hybridized carbons (Fsp3) is 0.833. The molecule has 2 heterocycles. The number of rotatable bonds is 0. The molecule has 0 radical (unpaired) electrons. The molecule has 1 saturated carbocycles. The lowest BCUT2D eigenvalue weighted by Crippen LogP contribution is -3.07. The summed E-state index contributed by atoms with van der Waals surface area (Å²) in [5.74, 6) is 1.07. The highest BCUT2D eigenvalue weighted by atomic mass is 15.2. The first kappa shape index (κ1) is 3.90. The van der Waals surface area contributed by atoms with E-state index in [1.54, 1.807) is 0 Å². The summed E-state index contributed by atoms with van der Waals surface area (Å²) < 4.78 is 0. The van der Waals surface area contributed by atoms with Crippen LogP contribution in [0.4, 0.5) is 0 Å². The van der Waals surface area contributed by atoms with Crippen molar-refractivity contribution >= 4 is 0 Å². The van der Waals surface area contributed by atoms with Crippen molar-refractivity contribution < 1.29 is 4.90 Å². The van der Waals surface area contributed by atoms with Crippen molar-refractivity contribution in [1.82, 2.24) is 0 Å². The van der Waals surface area contributed by atoms with E-state index >= 15 is 0 Å². The molecule has 1 heteroatoms. The van der Waals surface area contributed by atoms with E-state index < -0.39 is 0 Å². The summed E-state index contributed by atoms with van der Waals surface area (Å²) in [6.07, 6.45) is 2.94. The van der Waals surface area contributed by atoms with Crippen LogP contribution in [0.2, 0.25) is 0 Å². The van der Waals surface area contributed by atoms with Gasteiger partial charge < -0.3 is 4.90 Å². The number of fused-ring (bicyclic) bond motifs is 1. The minimum atomic E-state index is 0.963. The van der Waals surface area contributed by atoms with Crippen molar-refractivity contribution in [3.05, 3.63) is 7.05 Å². The third-order valence-electron chi connectivity index (χ3n) is 2.36. The first-order valence-corrected chi connectivity index (χ1v) is 3.04. The van der Waals surface area contributed by atoms with Crippen LogP contribution in [0.25, 0.3) is 0 Å². The summed E-state index contributed by atoms with van der Waals surface area (Å²) in [6, 6.07) is 0.963. The molecule has 7 heavy (non-hydrogen) atoms. The Labute approximate surface area is 44.3 Å². The smallest absolute Gasteiger partial charge is 0.0644 e. The Bertz CT molecular complexity index is 84.2. The average molecular weight is 97.2 g/mol. The second kappa shape index (κ2) is 1.03. The van der Waals surface area contributed by atoms with Gasteiger partial charge in [0.15, 0.2) is 0 Å². The van der Waals surface area contributed by atoms with Gasteiger partial charge in [0.1, 0.15) is 0 Å². The van der Waals surface area contributed by atoms with Crippen LogP contribution in [-0.4, -0.2) is 12.6 Å². The minimum Gasteiger partial charge on any atom is -0.465 e. The molecule has 0 amide bonds. The third-order valence-corrected chi connectivity index (χ3v) is 2.36. The monoisotopic (exact) mass is 97.1 g/mol. The molecule has 0 aromatic carbocycles. The third kappa shape index (κ3) is 0.367. The normalized spacial score (nSPS) is 57.0. The molecule has 1 aliphatic carbocycles. The fourth-order valence-electron chi connectivity index (χ4n) is 1.77. The summed E-state index contributed by atoms with van der Waals surface area (Å²) in [7, 11) is 3.98. The minimum absolute atomic E-state index is 0.963. The Hall–Kier alpha value is -0.0400. The van der Waals surface area contributed by atoms with Crippen LogP contribution in [-0.2, 0) is 0 Å². The zero-order chi connectivity index (χ0) is 4.85. The van der Waals surface area contributed by atoms with Crippen LogP contribution in [0.15, 0.2) is 0 Å². The number of quaternary nitrogens is 1. The molecule has 0 spiro atoms. The summed E-state index contributed by atoms with van der Waals surface area (Å²) >= 11 is 0. The van der Waals surface area contributed by atoms with Gasteiger partial charge in [-0.2, -0.15) is 7.05 Å². The molecule has 1 nitrogen and oxygen atoms in total. The highest BCUT2D eigenvalue weighted by Gasteiger charge is 2.41. The Morgan fingerprint density at radius 2 is 2.14 bits per heavy atom. The van der Waals surface area contributed by atoms with Crippen molar-refractivity contribution in [2.45, 2.75) is 18.9 Å². The van der Waals surface area contributed by atoms with Gasteiger partial charge in [-0.1, -0.05) is 0 Å². The van der Waals surface area contributed by atoms with Crippen molar-refractivity contribution in [2.24, 2.45) is 5.92 Å². The summed E-state index contributed by atoms with van der Waals surface area (Å²) in [5.41, 5.74) is 0. The van der Waals surface area contributed by atoms with E-state index in [0.29, 0.717) is 0 Å². The second-order valence-electron chi connectivity index (χ2n) is 2.90. The molecule has 2 aliphatic heterocycles. The lowest BCUT2D eigenvalue weighted by atomic mass is 9.86. The van der Waals surface area contributed by atoms with Gasteiger partial charge in [-0.25, -0.2) is 0 Å². The van der Waals surface area contributed by atoms with Crippen LogP contribution >= 0.6 is 0 Å². The van der Waals surface area contributed by atoms with Crippen molar-refractivity contribution in [3.8, 4) is 0 Å². The number of nitrogens with one attached hydrogen (secondary N) is 1. The predicted octanol–water partition coefficient (Wildman–Crippen LogP) is -0.545. The van der Waals surface area contributed by atoms with Crippen molar-refractivity contribution in [3.63, 3.8) is 0 Å². The van der Waals surface area contributed by atoms with Gasteiger partial charge in [-0.05, 0) is 0 Å². The van der Waals surface area contributed by atoms with Crippen molar-refractivity contribution in [2.75, 3.05) is 6.54 Å². The summed E-state index contributed by atoms with van der Waals surface area (Å²) in [5, 5.41) is 0. The molecule has 3 rings (SSSR count). The Morgan fingerprint density at radius 1 is 1.43 bits per heavy atom. The van der Waals surface area contributed by atoms with E-state index in [0.717, 1.165) is 12.0 Å². The van der Waals surface area contributed by atoms with Crippen LogP contribution in [0.1, 0.15) is 12.8 Å². The van der Waals surface area contributed by atoms with Crippen LogP contribution in [0, 0.1) is 13.0 Å². The Balaban J connectivity index is 2.13. The molecule has 40 valence electrons. The Kier molecular flexibility index (Phi) is 0.571. The summed E-state index contributed by atoms with van der Waals surface area (Å²) in [4.78, 5) is 1.53. The van der Waals surface area contributed by atoms with Crippen LogP contribution in [0.5, 0.6) is 0 Å². The van der Waals surface area contributed by atoms with Gasteiger partial charge in [0, 0.05) is 18.8 Å². The predicted molar refractivity (Wildman–Crippen MR) is 27.7 cm³/mol. The van der Waals surface area contributed by atoms with Gasteiger partial charge in [0.2, 0.25) is 0 Å². The van der Waals surface area contributed by atoms with Crippen LogP contribution < -0.4 is 4.90 Å². The van der Waals surface area contributed by atoms with E-state index in [2.05, 4.69) is 7.05 Å². The molecule has 3 aliphatic rings. The standard InChI is InChI=1S/C6H11N/c1-7-4-5-2-6(7)3-5/h5-7H,1-4H2. The van der Waals surface area contributed by atoms with E-state index in [4.69, 9.17) is 0 Å². The topological polar surface area (TPSA) is 4.44 Å². The second-order valence-corrected chi connectivity index (χ2v) is 2.90. The quantitative estimate of drug-likeness (QED) is 0.387. The lowest BCUT2D eigenvalue weighted by molar-refractivity contribution is -0.857. The average Bonchev–Trinajstić information content (AvgIpc) is 1.85. The lowest BCUT2D eigenvalue weighted by Gasteiger charge is -2.23. The molecular formula is C6H11N. The number of hydrogen-bond acceptors (Lipinski definition) is 0. The van der Waals surface area contributed by atoms with Gasteiger partial charge >= 0.3 is 0 Å². The molecule has 1 unspecified atom stereocenters. The highest BCUT2D eigenvalue weighted by Crippen LogP contribution is 2.28. The highest BCUT2D eigenvalue weighted by molar-refractivity contribution is 4.84. The molecule has 3 fully saturated rings.